The van der Waals surface area contributed by atoms with Crippen LogP contribution in [-0.2, 0) is 0 Å². The summed E-state index contributed by atoms with van der Waals surface area (Å²) >= 11 is 11.4. The first-order valence-corrected chi connectivity index (χ1v) is 5.42. The Morgan fingerprint density at radius 2 is 2.00 bits per heavy atom. The van der Waals surface area contributed by atoms with E-state index in [9.17, 15) is 13.2 Å². The highest BCUT2D eigenvalue weighted by atomic mass is 35.5. The first kappa shape index (κ1) is 14.3. The summed E-state index contributed by atoms with van der Waals surface area (Å²) in [6, 6.07) is 1.34. The van der Waals surface area contributed by atoms with E-state index in [1.807, 2.05) is 0 Å². The number of pyridine rings is 1. The summed E-state index contributed by atoms with van der Waals surface area (Å²) in [7, 11) is 0. The van der Waals surface area contributed by atoms with Gasteiger partial charge in [0, 0.05) is 19.3 Å². The van der Waals surface area contributed by atoms with E-state index in [0.29, 0.717) is 0 Å². The van der Waals surface area contributed by atoms with Crippen LogP contribution in [0.25, 0.3) is 0 Å². The molecule has 0 aliphatic heterocycles. The number of nitrogens with zero attached hydrogens (tertiary/aromatic N) is 2. The van der Waals surface area contributed by atoms with Crippen LogP contribution in [0.15, 0.2) is 12.3 Å². The molecular weight excluding hydrogens is 278 g/mol. The molecule has 0 atom stereocenters. The molecule has 0 saturated heterocycles. The van der Waals surface area contributed by atoms with Crippen molar-refractivity contribution in [3.05, 3.63) is 22.3 Å². The average molecular weight is 288 g/mol. The van der Waals surface area contributed by atoms with Gasteiger partial charge >= 0.3 is 6.18 Å². The zero-order valence-corrected chi connectivity index (χ0v) is 10.1. The molecule has 17 heavy (non-hydrogen) atoms. The summed E-state index contributed by atoms with van der Waals surface area (Å²) in [5.74, 6) is 0.0267. The first-order valence-electron chi connectivity index (χ1n) is 4.66. The minimum Gasteiger partial charge on any atom is -0.345 e. The molecule has 0 aromatic carbocycles. The maximum absolute atomic E-state index is 12.3. The molecular formula is C9H10Cl2F3N3. The highest BCUT2D eigenvalue weighted by Crippen LogP contribution is 2.28. The molecule has 3 nitrogen and oxygen atoms in total. The first-order chi connectivity index (χ1) is 7.83. The van der Waals surface area contributed by atoms with Gasteiger partial charge in [-0.1, -0.05) is 23.2 Å². The third-order valence-electron chi connectivity index (χ3n) is 1.86. The Morgan fingerprint density at radius 3 is 2.47 bits per heavy atom. The molecule has 1 aromatic heterocycles. The highest BCUT2D eigenvalue weighted by Gasteiger charge is 2.31. The summed E-state index contributed by atoms with van der Waals surface area (Å²) in [5, 5.41) is 0.327. The summed E-state index contributed by atoms with van der Waals surface area (Å²) in [6.45, 7) is -1.08. The maximum atomic E-state index is 12.3. The van der Waals surface area contributed by atoms with Crippen LogP contribution >= 0.6 is 23.2 Å². The Balaban J connectivity index is 2.97. The molecule has 1 rings (SSSR count). The Kier molecular flexibility index (Phi) is 4.85. The molecule has 0 bridgehead atoms. The monoisotopic (exact) mass is 287 g/mol. The van der Waals surface area contributed by atoms with Gasteiger partial charge in [0.15, 0.2) is 0 Å². The van der Waals surface area contributed by atoms with Crippen LogP contribution in [0.2, 0.25) is 10.0 Å². The third kappa shape index (κ3) is 4.57. The van der Waals surface area contributed by atoms with Crippen LogP contribution in [0.3, 0.4) is 0 Å². The molecule has 0 spiro atoms. The number of halogens is 5. The smallest absolute Gasteiger partial charge is 0.345 e. The Labute approximate surface area is 106 Å². The van der Waals surface area contributed by atoms with Gasteiger partial charge in [0.1, 0.15) is 12.4 Å². The molecule has 96 valence electrons. The number of aromatic nitrogens is 1. The molecule has 0 unspecified atom stereocenters. The molecule has 0 radical (unpaired) electrons. The minimum absolute atomic E-state index is 0.00780. The van der Waals surface area contributed by atoms with Crippen LogP contribution in [0, 0.1) is 0 Å². The van der Waals surface area contributed by atoms with E-state index in [0.717, 1.165) is 4.90 Å². The highest BCUT2D eigenvalue weighted by molar-refractivity contribution is 6.36. The lowest BCUT2D eigenvalue weighted by atomic mass is 10.4. The van der Waals surface area contributed by atoms with E-state index in [1.165, 1.54) is 12.3 Å². The van der Waals surface area contributed by atoms with Crippen molar-refractivity contribution in [2.45, 2.75) is 6.18 Å². The maximum Gasteiger partial charge on any atom is 0.405 e. The molecule has 1 aromatic rings. The molecule has 1 heterocycles. The van der Waals surface area contributed by atoms with Gasteiger partial charge in [0.25, 0.3) is 0 Å². The predicted molar refractivity (Wildman–Crippen MR) is 61.6 cm³/mol. The fraction of sp³-hybridized carbons (Fsp3) is 0.444. The van der Waals surface area contributed by atoms with E-state index < -0.39 is 12.7 Å². The Bertz CT molecular complexity index is 384. The van der Waals surface area contributed by atoms with Crippen molar-refractivity contribution < 1.29 is 13.2 Å². The number of hydrogen-bond acceptors (Lipinski definition) is 3. The van der Waals surface area contributed by atoms with Crippen molar-refractivity contribution in [2.75, 3.05) is 24.5 Å². The SMILES string of the molecule is NCCN(CC(F)(F)F)c1ncc(Cl)cc1Cl. The van der Waals surface area contributed by atoms with Crippen LogP contribution in [0.5, 0.6) is 0 Å². The number of rotatable bonds is 4. The van der Waals surface area contributed by atoms with Gasteiger partial charge in [-0.2, -0.15) is 13.2 Å². The molecule has 2 N–H and O–H groups in total. The Hall–Kier alpha value is -0.720. The minimum atomic E-state index is -4.35. The second-order valence-electron chi connectivity index (χ2n) is 3.28. The van der Waals surface area contributed by atoms with Crippen LogP contribution in [-0.4, -0.2) is 30.8 Å². The van der Waals surface area contributed by atoms with Gasteiger partial charge in [0.2, 0.25) is 0 Å². The Morgan fingerprint density at radius 1 is 1.35 bits per heavy atom. The lowest BCUT2D eigenvalue weighted by molar-refractivity contribution is -0.119. The van der Waals surface area contributed by atoms with E-state index in [-0.39, 0.29) is 29.0 Å². The summed E-state index contributed by atoms with van der Waals surface area (Å²) in [5.41, 5.74) is 5.26. The van der Waals surface area contributed by atoms with Crippen molar-refractivity contribution in [1.29, 1.82) is 0 Å². The van der Waals surface area contributed by atoms with Crippen molar-refractivity contribution in [2.24, 2.45) is 5.73 Å². The van der Waals surface area contributed by atoms with E-state index in [4.69, 9.17) is 28.9 Å². The van der Waals surface area contributed by atoms with Crippen LogP contribution < -0.4 is 10.6 Å². The van der Waals surface area contributed by atoms with Gasteiger partial charge in [-0.15, -0.1) is 0 Å². The molecule has 0 fully saturated rings. The van der Waals surface area contributed by atoms with Crippen LogP contribution in [0.1, 0.15) is 0 Å². The van der Waals surface area contributed by atoms with E-state index >= 15 is 0 Å². The second kappa shape index (κ2) is 5.75. The van der Waals surface area contributed by atoms with E-state index in [2.05, 4.69) is 4.98 Å². The van der Waals surface area contributed by atoms with Crippen molar-refractivity contribution in [3.8, 4) is 0 Å². The third-order valence-corrected chi connectivity index (χ3v) is 2.34. The van der Waals surface area contributed by atoms with Gasteiger partial charge in [-0.05, 0) is 6.07 Å². The largest absolute Gasteiger partial charge is 0.405 e. The topological polar surface area (TPSA) is 42.1 Å². The molecule has 8 heteroatoms. The van der Waals surface area contributed by atoms with Gasteiger partial charge in [-0.3, -0.25) is 0 Å². The standard InChI is InChI=1S/C9H10Cl2F3N3/c10-6-3-7(11)8(16-4-6)17(2-1-15)5-9(12,13)14/h3-4H,1-2,5,15H2. The van der Waals surface area contributed by atoms with Crippen molar-refractivity contribution in [3.63, 3.8) is 0 Å². The number of alkyl halides is 3. The fourth-order valence-corrected chi connectivity index (χ4v) is 1.77. The second-order valence-corrected chi connectivity index (χ2v) is 4.13. The van der Waals surface area contributed by atoms with Crippen molar-refractivity contribution in [1.82, 2.24) is 4.98 Å². The van der Waals surface area contributed by atoms with Gasteiger partial charge in [-0.25, -0.2) is 4.98 Å². The molecule has 0 aliphatic carbocycles. The predicted octanol–water partition coefficient (Wildman–Crippen LogP) is 2.72. The quantitative estimate of drug-likeness (QED) is 0.926. The summed E-state index contributed by atoms with van der Waals surface area (Å²) in [4.78, 5) is 4.76. The molecule has 0 aliphatic rings. The summed E-state index contributed by atoms with van der Waals surface area (Å²) < 4.78 is 37.0. The van der Waals surface area contributed by atoms with E-state index in [1.54, 1.807) is 0 Å². The average Bonchev–Trinajstić information content (AvgIpc) is 2.14. The summed E-state index contributed by atoms with van der Waals surface area (Å²) in [6.07, 6.45) is -3.11. The lowest BCUT2D eigenvalue weighted by Crippen LogP contribution is -2.38. The zero-order chi connectivity index (χ0) is 13.1. The van der Waals surface area contributed by atoms with Gasteiger partial charge in [0.05, 0.1) is 10.0 Å². The number of hydrogen-bond donors (Lipinski definition) is 1. The normalized spacial score (nSPS) is 11.6. The number of nitrogens with two attached hydrogens (primary N) is 1. The fourth-order valence-electron chi connectivity index (χ4n) is 1.27. The molecule has 0 amide bonds. The molecule has 0 saturated carbocycles. The van der Waals surface area contributed by atoms with Gasteiger partial charge < -0.3 is 10.6 Å². The van der Waals surface area contributed by atoms with Crippen LogP contribution in [0.4, 0.5) is 19.0 Å². The van der Waals surface area contributed by atoms with Crippen molar-refractivity contribution >= 4 is 29.0 Å². The number of anilines is 1. The zero-order valence-electron chi connectivity index (χ0n) is 8.64. The lowest BCUT2D eigenvalue weighted by Gasteiger charge is -2.25.